The molecule has 0 aliphatic heterocycles. The molecular formula is C13H18N2OS. The highest BCUT2D eigenvalue weighted by Gasteiger charge is 2.04. The van der Waals surface area contributed by atoms with Gasteiger partial charge in [0.2, 0.25) is 0 Å². The Morgan fingerprint density at radius 2 is 2.29 bits per heavy atom. The maximum Gasteiger partial charge on any atom is 0.136 e. The number of methoxy groups -OCH3 is 1. The summed E-state index contributed by atoms with van der Waals surface area (Å²) >= 11 is 1.85. The average Bonchev–Trinajstić information content (AvgIpc) is 2.38. The molecule has 0 fully saturated rings. The fraction of sp³-hybridized carbons (Fsp3) is 0.462. The van der Waals surface area contributed by atoms with E-state index < -0.39 is 0 Å². The van der Waals surface area contributed by atoms with Crippen LogP contribution in [0.15, 0.2) is 18.2 Å². The van der Waals surface area contributed by atoms with Crippen molar-refractivity contribution in [3.05, 3.63) is 29.3 Å². The first-order valence-electron chi connectivity index (χ1n) is 5.56. The van der Waals surface area contributed by atoms with Crippen molar-refractivity contribution in [3.8, 4) is 11.8 Å². The zero-order valence-corrected chi connectivity index (χ0v) is 11.1. The minimum absolute atomic E-state index is 0.542. The molecule has 0 radical (unpaired) electrons. The Morgan fingerprint density at radius 3 is 2.88 bits per heavy atom. The van der Waals surface area contributed by atoms with Gasteiger partial charge in [-0.15, -0.1) is 0 Å². The summed E-state index contributed by atoms with van der Waals surface area (Å²) in [4.78, 5) is 0. The van der Waals surface area contributed by atoms with E-state index in [0.29, 0.717) is 17.2 Å². The standard InChI is InChI=1S/C13H18N2OS/c1-10(6-14)8-17-9-11-3-4-12(7-15)13(5-11)16-2/h3-5,10H,6,8-9,14H2,1-2H3. The Bertz CT molecular complexity index is 401. The minimum atomic E-state index is 0.542. The molecule has 0 amide bonds. The van der Waals surface area contributed by atoms with Gasteiger partial charge in [-0.3, -0.25) is 0 Å². The van der Waals surface area contributed by atoms with Crippen LogP contribution in [0.5, 0.6) is 5.75 Å². The van der Waals surface area contributed by atoms with Gasteiger partial charge in [0.15, 0.2) is 0 Å². The van der Waals surface area contributed by atoms with Crippen molar-refractivity contribution < 1.29 is 4.74 Å². The topological polar surface area (TPSA) is 59.0 Å². The zero-order valence-electron chi connectivity index (χ0n) is 10.3. The average molecular weight is 250 g/mol. The number of rotatable bonds is 6. The van der Waals surface area contributed by atoms with Crippen LogP contribution in [0.1, 0.15) is 18.1 Å². The first-order valence-corrected chi connectivity index (χ1v) is 6.71. The van der Waals surface area contributed by atoms with Gasteiger partial charge in [-0.05, 0) is 35.9 Å². The highest BCUT2D eigenvalue weighted by Crippen LogP contribution is 2.22. The lowest BCUT2D eigenvalue weighted by Crippen LogP contribution is -2.12. The third-order valence-corrected chi connectivity index (χ3v) is 3.80. The van der Waals surface area contributed by atoms with Gasteiger partial charge in [0.05, 0.1) is 12.7 Å². The molecule has 1 atom stereocenters. The molecule has 1 rings (SSSR count). The normalized spacial score (nSPS) is 11.9. The molecule has 0 saturated heterocycles. The van der Waals surface area contributed by atoms with E-state index in [1.165, 1.54) is 5.56 Å². The van der Waals surface area contributed by atoms with Crippen LogP contribution >= 0.6 is 11.8 Å². The predicted octanol–water partition coefficient (Wildman–Crippen LogP) is 2.39. The van der Waals surface area contributed by atoms with E-state index in [-0.39, 0.29) is 0 Å². The van der Waals surface area contributed by atoms with Crippen LogP contribution in [0.4, 0.5) is 0 Å². The molecule has 0 bridgehead atoms. The molecule has 17 heavy (non-hydrogen) atoms. The molecule has 1 aromatic carbocycles. The molecule has 3 nitrogen and oxygen atoms in total. The van der Waals surface area contributed by atoms with E-state index >= 15 is 0 Å². The summed E-state index contributed by atoms with van der Waals surface area (Å²) in [5.74, 6) is 3.17. The second-order valence-corrected chi connectivity index (χ2v) is 5.03. The number of ether oxygens (including phenoxy) is 1. The molecule has 0 aliphatic carbocycles. The van der Waals surface area contributed by atoms with Gasteiger partial charge in [0.25, 0.3) is 0 Å². The van der Waals surface area contributed by atoms with Crippen LogP contribution in [0.3, 0.4) is 0 Å². The molecule has 0 saturated carbocycles. The zero-order chi connectivity index (χ0) is 12.7. The van der Waals surface area contributed by atoms with Gasteiger partial charge in [0, 0.05) is 5.75 Å². The Kier molecular flexibility index (Phi) is 5.88. The Hall–Kier alpha value is -1.18. The first-order chi connectivity index (χ1) is 8.21. The number of nitrogens with two attached hydrogens (primary N) is 1. The number of nitriles is 1. The van der Waals surface area contributed by atoms with E-state index in [9.17, 15) is 0 Å². The van der Waals surface area contributed by atoms with Crippen molar-refractivity contribution in [1.29, 1.82) is 5.26 Å². The van der Waals surface area contributed by atoms with Gasteiger partial charge in [-0.2, -0.15) is 17.0 Å². The summed E-state index contributed by atoms with van der Waals surface area (Å²) in [6.45, 7) is 2.87. The van der Waals surface area contributed by atoms with Crippen molar-refractivity contribution in [2.75, 3.05) is 19.4 Å². The van der Waals surface area contributed by atoms with Crippen LogP contribution < -0.4 is 10.5 Å². The van der Waals surface area contributed by atoms with Crippen LogP contribution in [0.25, 0.3) is 0 Å². The lowest BCUT2D eigenvalue weighted by atomic mass is 10.1. The first kappa shape index (κ1) is 13.9. The van der Waals surface area contributed by atoms with Crippen LogP contribution in [-0.2, 0) is 5.75 Å². The summed E-state index contributed by atoms with van der Waals surface area (Å²) in [6.07, 6.45) is 0. The molecule has 1 aromatic rings. The highest BCUT2D eigenvalue weighted by molar-refractivity contribution is 7.98. The van der Waals surface area contributed by atoms with Gasteiger partial charge in [-0.25, -0.2) is 0 Å². The maximum absolute atomic E-state index is 8.87. The van der Waals surface area contributed by atoms with Crippen molar-refractivity contribution in [1.82, 2.24) is 0 Å². The third kappa shape index (κ3) is 4.29. The largest absolute Gasteiger partial charge is 0.495 e. The Morgan fingerprint density at radius 1 is 1.53 bits per heavy atom. The molecule has 0 aromatic heterocycles. The lowest BCUT2D eigenvalue weighted by molar-refractivity contribution is 0.413. The molecule has 0 heterocycles. The van der Waals surface area contributed by atoms with E-state index in [0.717, 1.165) is 18.1 Å². The van der Waals surface area contributed by atoms with Crippen molar-refractivity contribution >= 4 is 11.8 Å². The smallest absolute Gasteiger partial charge is 0.136 e. The molecule has 0 aliphatic rings. The fourth-order valence-corrected chi connectivity index (χ4v) is 2.44. The van der Waals surface area contributed by atoms with E-state index in [4.69, 9.17) is 15.7 Å². The predicted molar refractivity (Wildman–Crippen MR) is 72.1 cm³/mol. The monoisotopic (exact) mass is 250 g/mol. The van der Waals surface area contributed by atoms with Gasteiger partial charge in [0.1, 0.15) is 11.8 Å². The van der Waals surface area contributed by atoms with E-state index in [1.54, 1.807) is 13.2 Å². The molecule has 0 spiro atoms. The fourth-order valence-electron chi connectivity index (χ4n) is 1.36. The summed E-state index contributed by atoms with van der Waals surface area (Å²) in [6, 6.07) is 7.82. The van der Waals surface area contributed by atoms with Gasteiger partial charge < -0.3 is 10.5 Å². The summed E-state index contributed by atoms with van der Waals surface area (Å²) in [5, 5.41) is 8.87. The summed E-state index contributed by atoms with van der Waals surface area (Å²) < 4.78 is 5.17. The van der Waals surface area contributed by atoms with Crippen LogP contribution in [0.2, 0.25) is 0 Å². The molecule has 92 valence electrons. The van der Waals surface area contributed by atoms with E-state index in [2.05, 4.69) is 13.0 Å². The number of hydrogen-bond acceptors (Lipinski definition) is 4. The van der Waals surface area contributed by atoms with Crippen molar-refractivity contribution in [2.45, 2.75) is 12.7 Å². The van der Waals surface area contributed by atoms with E-state index in [1.807, 2.05) is 23.9 Å². The van der Waals surface area contributed by atoms with Gasteiger partial charge in [-0.1, -0.05) is 13.0 Å². The molecule has 1 unspecified atom stereocenters. The maximum atomic E-state index is 8.87. The number of benzene rings is 1. The van der Waals surface area contributed by atoms with Gasteiger partial charge >= 0.3 is 0 Å². The number of thioether (sulfide) groups is 1. The molecule has 2 N–H and O–H groups in total. The molecular weight excluding hydrogens is 232 g/mol. The van der Waals surface area contributed by atoms with Crippen LogP contribution in [0, 0.1) is 17.2 Å². The quantitative estimate of drug-likeness (QED) is 0.842. The number of hydrogen-bond donors (Lipinski definition) is 1. The van der Waals surface area contributed by atoms with Crippen LogP contribution in [-0.4, -0.2) is 19.4 Å². The minimum Gasteiger partial charge on any atom is -0.495 e. The lowest BCUT2D eigenvalue weighted by Gasteiger charge is -2.09. The summed E-state index contributed by atoms with van der Waals surface area (Å²) in [7, 11) is 1.59. The number of nitrogens with zero attached hydrogens (tertiary/aromatic N) is 1. The third-order valence-electron chi connectivity index (χ3n) is 2.46. The molecule has 4 heteroatoms. The highest BCUT2D eigenvalue weighted by atomic mass is 32.2. The Balaban J connectivity index is 2.58. The van der Waals surface area contributed by atoms with Crippen molar-refractivity contribution in [2.24, 2.45) is 11.7 Å². The summed E-state index contributed by atoms with van der Waals surface area (Å²) in [5.41, 5.74) is 7.32. The second kappa shape index (κ2) is 7.21. The second-order valence-electron chi connectivity index (χ2n) is 4.00. The SMILES string of the molecule is COc1cc(CSCC(C)CN)ccc1C#N. The Labute approximate surface area is 107 Å². The van der Waals surface area contributed by atoms with Crippen molar-refractivity contribution in [3.63, 3.8) is 0 Å².